The molecular formula is C14H16N2O2S3. The van der Waals surface area contributed by atoms with Crippen molar-refractivity contribution >= 4 is 44.3 Å². The van der Waals surface area contributed by atoms with Crippen molar-refractivity contribution in [1.29, 1.82) is 0 Å². The van der Waals surface area contributed by atoms with Gasteiger partial charge in [-0.2, -0.15) is 0 Å². The molecule has 0 saturated heterocycles. The maximum absolute atomic E-state index is 12.3. The molecule has 0 bridgehead atoms. The Hall–Kier alpha value is -1.44. The first-order chi connectivity index (χ1) is 9.92. The Bertz CT molecular complexity index is 734. The number of rotatable bonds is 6. The molecule has 3 N–H and O–H groups in total. The van der Waals surface area contributed by atoms with Gasteiger partial charge in [0.1, 0.15) is 9.20 Å². The predicted molar refractivity (Wildman–Crippen MR) is 91.5 cm³/mol. The van der Waals surface area contributed by atoms with Crippen molar-refractivity contribution < 1.29 is 8.42 Å². The Labute approximate surface area is 134 Å². The summed E-state index contributed by atoms with van der Waals surface area (Å²) in [6.45, 7) is 2.10. The van der Waals surface area contributed by atoms with Crippen molar-refractivity contribution in [3.63, 3.8) is 0 Å². The summed E-state index contributed by atoms with van der Waals surface area (Å²) in [6, 6.07) is 10.5. The largest absolute Gasteiger partial charge is 0.389 e. The number of anilines is 1. The number of sulfonamides is 1. The first kappa shape index (κ1) is 15.9. The van der Waals surface area contributed by atoms with Crippen molar-refractivity contribution in [3.8, 4) is 0 Å². The van der Waals surface area contributed by atoms with Gasteiger partial charge in [0, 0.05) is 5.69 Å². The second kappa shape index (κ2) is 6.55. The van der Waals surface area contributed by atoms with Gasteiger partial charge in [0.25, 0.3) is 10.0 Å². The number of benzene rings is 1. The molecule has 0 aliphatic carbocycles. The Morgan fingerprint density at radius 1 is 1.24 bits per heavy atom. The molecule has 0 aliphatic rings. The highest BCUT2D eigenvalue weighted by Gasteiger charge is 2.17. The third-order valence-corrected chi connectivity index (χ3v) is 6.17. The summed E-state index contributed by atoms with van der Waals surface area (Å²) in [5.74, 6) is 0. The van der Waals surface area contributed by atoms with E-state index in [4.69, 9.17) is 18.0 Å². The lowest BCUT2D eigenvalue weighted by atomic mass is 10.1. The van der Waals surface area contributed by atoms with Gasteiger partial charge < -0.3 is 5.73 Å². The van der Waals surface area contributed by atoms with Crippen molar-refractivity contribution in [2.24, 2.45) is 5.73 Å². The third kappa shape index (κ3) is 4.03. The third-order valence-electron chi connectivity index (χ3n) is 2.83. The molecule has 21 heavy (non-hydrogen) atoms. The molecule has 0 fully saturated rings. The lowest BCUT2D eigenvalue weighted by Crippen LogP contribution is -2.11. The zero-order valence-corrected chi connectivity index (χ0v) is 13.9. The van der Waals surface area contributed by atoms with Gasteiger partial charge in [0.05, 0.1) is 4.88 Å². The fourth-order valence-corrected chi connectivity index (χ4v) is 4.24. The molecule has 112 valence electrons. The minimum absolute atomic E-state index is 0.197. The van der Waals surface area contributed by atoms with E-state index in [0.717, 1.165) is 24.2 Å². The SMILES string of the molecule is CCCc1ccc(NS(=O)(=O)c2ccc(C(N)=S)s2)cc1. The fraction of sp³-hybridized carbons (Fsp3) is 0.214. The van der Waals surface area contributed by atoms with Crippen molar-refractivity contribution in [1.82, 2.24) is 0 Å². The van der Waals surface area contributed by atoms with Crippen LogP contribution in [0.15, 0.2) is 40.6 Å². The van der Waals surface area contributed by atoms with E-state index in [1.807, 2.05) is 12.1 Å². The summed E-state index contributed by atoms with van der Waals surface area (Å²) >= 11 is 5.90. The summed E-state index contributed by atoms with van der Waals surface area (Å²) in [7, 11) is -3.60. The summed E-state index contributed by atoms with van der Waals surface area (Å²) in [6.07, 6.45) is 2.04. The lowest BCUT2D eigenvalue weighted by molar-refractivity contribution is 0.603. The molecule has 1 aromatic heterocycles. The molecule has 0 amide bonds. The first-order valence-electron chi connectivity index (χ1n) is 6.44. The van der Waals surface area contributed by atoms with E-state index < -0.39 is 10.0 Å². The van der Waals surface area contributed by atoms with Crippen LogP contribution >= 0.6 is 23.6 Å². The molecule has 0 saturated carbocycles. The van der Waals surface area contributed by atoms with Gasteiger partial charge in [-0.1, -0.05) is 37.7 Å². The van der Waals surface area contributed by atoms with Crippen molar-refractivity contribution in [2.45, 2.75) is 24.0 Å². The second-order valence-corrected chi connectivity index (χ2v) is 7.97. The fourth-order valence-electron chi connectivity index (χ4n) is 1.83. The molecular weight excluding hydrogens is 324 g/mol. The van der Waals surface area contributed by atoms with E-state index >= 15 is 0 Å². The minimum Gasteiger partial charge on any atom is -0.389 e. The lowest BCUT2D eigenvalue weighted by Gasteiger charge is -2.07. The van der Waals surface area contributed by atoms with E-state index in [1.165, 1.54) is 11.6 Å². The van der Waals surface area contributed by atoms with Gasteiger partial charge in [0.15, 0.2) is 0 Å². The maximum atomic E-state index is 12.3. The van der Waals surface area contributed by atoms with Crippen LogP contribution in [-0.4, -0.2) is 13.4 Å². The van der Waals surface area contributed by atoms with Crippen LogP contribution in [-0.2, 0) is 16.4 Å². The average Bonchev–Trinajstić information content (AvgIpc) is 2.92. The van der Waals surface area contributed by atoms with Crippen LogP contribution in [0.3, 0.4) is 0 Å². The molecule has 2 rings (SSSR count). The first-order valence-corrected chi connectivity index (χ1v) is 9.14. The summed E-state index contributed by atoms with van der Waals surface area (Å²) in [5.41, 5.74) is 7.22. The van der Waals surface area contributed by atoms with E-state index in [2.05, 4.69) is 11.6 Å². The molecule has 1 heterocycles. The topological polar surface area (TPSA) is 72.2 Å². The Morgan fingerprint density at radius 2 is 1.90 bits per heavy atom. The second-order valence-electron chi connectivity index (χ2n) is 4.54. The van der Waals surface area contributed by atoms with Crippen LogP contribution in [0.2, 0.25) is 0 Å². The van der Waals surface area contributed by atoms with E-state index in [9.17, 15) is 8.42 Å². The number of aryl methyl sites for hydroxylation is 1. The van der Waals surface area contributed by atoms with Gasteiger partial charge in [-0.15, -0.1) is 11.3 Å². The van der Waals surface area contributed by atoms with E-state index in [-0.39, 0.29) is 9.20 Å². The Balaban J connectivity index is 2.18. The van der Waals surface area contributed by atoms with Gasteiger partial charge in [0.2, 0.25) is 0 Å². The van der Waals surface area contributed by atoms with Crippen molar-refractivity contribution in [2.75, 3.05) is 4.72 Å². The van der Waals surface area contributed by atoms with Crippen LogP contribution in [0, 0.1) is 0 Å². The number of nitrogens with two attached hydrogens (primary N) is 1. The number of nitrogens with one attached hydrogen (secondary N) is 1. The highest BCUT2D eigenvalue weighted by atomic mass is 32.2. The molecule has 0 unspecified atom stereocenters. The smallest absolute Gasteiger partial charge is 0.271 e. The van der Waals surface area contributed by atoms with Crippen LogP contribution in [0.1, 0.15) is 23.8 Å². The minimum atomic E-state index is -3.60. The van der Waals surface area contributed by atoms with Crippen LogP contribution in [0.25, 0.3) is 0 Å². The normalized spacial score (nSPS) is 11.3. The number of hydrogen-bond donors (Lipinski definition) is 2. The molecule has 0 aliphatic heterocycles. The highest BCUT2D eigenvalue weighted by molar-refractivity contribution is 7.94. The van der Waals surface area contributed by atoms with Gasteiger partial charge >= 0.3 is 0 Å². The van der Waals surface area contributed by atoms with Crippen LogP contribution < -0.4 is 10.5 Å². The molecule has 2 aromatic rings. The average molecular weight is 340 g/mol. The summed E-state index contributed by atoms with van der Waals surface area (Å²) in [5, 5.41) is 0. The van der Waals surface area contributed by atoms with Gasteiger partial charge in [-0.05, 0) is 36.2 Å². The highest BCUT2D eigenvalue weighted by Crippen LogP contribution is 2.24. The number of thiocarbonyl (C=S) groups is 1. The summed E-state index contributed by atoms with van der Waals surface area (Å²) in [4.78, 5) is 0.786. The van der Waals surface area contributed by atoms with E-state index in [1.54, 1.807) is 18.2 Å². The van der Waals surface area contributed by atoms with Crippen LogP contribution in [0.4, 0.5) is 5.69 Å². The molecule has 7 heteroatoms. The molecule has 4 nitrogen and oxygen atoms in total. The Morgan fingerprint density at radius 3 is 2.43 bits per heavy atom. The molecule has 0 atom stereocenters. The zero-order chi connectivity index (χ0) is 15.5. The van der Waals surface area contributed by atoms with E-state index in [0.29, 0.717) is 10.6 Å². The Kier molecular flexibility index (Phi) is 4.97. The predicted octanol–water partition coefficient (Wildman–Crippen LogP) is 3.14. The quantitative estimate of drug-likeness (QED) is 0.793. The number of hydrogen-bond acceptors (Lipinski definition) is 4. The van der Waals surface area contributed by atoms with Crippen LogP contribution in [0.5, 0.6) is 0 Å². The number of thiophene rings is 1. The van der Waals surface area contributed by atoms with Crippen molar-refractivity contribution in [3.05, 3.63) is 46.8 Å². The molecule has 1 aromatic carbocycles. The molecule has 0 spiro atoms. The summed E-state index contributed by atoms with van der Waals surface area (Å²) < 4.78 is 27.3. The monoisotopic (exact) mass is 340 g/mol. The standard InChI is InChI=1S/C14H16N2O2S3/c1-2-3-10-4-6-11(7-5-10)16-21(17,18)13-9-8-12(20-13)14(15)19/h4-9,16H,2-3H2,1H3,(H2,15,19). The maximum Gasteiger partial charge on any atom is 0.271 e. The van der Waals surface area contributed by atoms with Gasteiger partial charge in [-0.3, -0.25) is 4.72 Å². The van der Waals surface area contributed by atoms with Gasteiger partial charge in [-0.25, -0.2) is 8.42 Å². The zero-order valence-electron chi connectivity index (χ0n) is 11.5. The molecule has 0 radical (unpaired) electrons.